The van der Waals surface area contributed by atoms with Crippen molar-refractivity contribution in [2.45, 2.75) is 19.8 Å². The first-order chi connectivity index (χ1) is 8.85. The molecule has 0 aliphatic carbocycles. The lowest BCUT2D eigenvalue weighted by molar-refractivity contribution is 0.310. The van der Waals surface area contributed by atoms with Crippen LogP contribution in [0.2, 0.25) is 0 Å². The van der Waals surface area contributed by atoms with Gasteiger partial charge in [-0.25, -0.2) is 0 Å². The van der Waals surface area contributed by atoms with Crippen LogP contribution in [0.5, 0.6) is 5.75 Å². The molecule has 0 saturated heterocycles. The lowest BCUT2D eigenvalue weighted by Crippen LogP contribution is -2.07. The zero-order valence-electron chi connectivity index (χ0n) is 10.4. The van der Waals surface area contributed by atoms with Gasteiger partial charge in [-0.05, 0) is 36.2 Å². The number of benzene rings is 1. The van der Waals surface area contributed by atoms with E-state index >= 15 is 0 Å². The van der Waals surface area contributed by atoms with E-state index in [1.54, 1.807) is 0 Å². The Bertz CT molecular complexity index is 483. The predicted molar refractivity (Wildman–Crippen MR) is 68.2 cm³/mol. The molecule has 0 unspecified atom stereocenters. The minimum Gasteiger partial charge on any atom is -0.493 e. The fourth-order valence-electron chi connectivity index (χ4n) is 1.67. The van der Waals surface area contributed by atoms with Crippen LogP contribution in [0.1, 0.15) is 18.9 Å². The number of hydrogen-bond donors (Lipinski definition) is 2. The summed E-state index contributed by atoms with van der Waals surface area (Å²) in [4.78, 5) is 0. The van der Waals surface area contributed by atoms with Crippen LogP contribution >= 0.6 is 0 Å². The highest BCUT2D eigenvalue weighted by Gasteiger charge is 2.08. The average Bonchev–Trinajstić information content (AvgIpc) is 2.93. The summed E-state index contributed by atoms with van der Waals surface area (Å²) in [5.74, 6) is 1.44. The molecule has 1 aromatic heterocycles. The van der Waals surface area contributed by atoms with Gasteiger partial charge in [0.25, 0.3) is 0 Å². The van der Waals surface area contributed by atoms with Gasteiger partial charge in [-0.3, -0.25) is 0 Å². The van der Waals surface area contributed by atoms with Crippen LogP contribution in [0.25, 0.3) is 11.4 Å². The minimum absolute atomic E-state index is 0.571. The van der Waals surface area contributed by atoms with E-state index in [4.69, 9.17) is 10.5 Å². The van der Waals surface area contributed by atoms with Crippen LogP contribution in [0, 0.1) is 0 Å². The van der Waals surface area contributed by atoms with Crippen molar-refractivity contribution in [1.82, 2.24) is 20.6 Å². The number of nitrogens with one attached hydrogen (secondary N) is 1. The van der Waals surface area contributed by atoms with Gasteiger partial charge in [0.05, 0.1) is 6.61 Å². The largest absolute Gasteiger partial charge is 0.493 e. The Morgan fingerprint density at radius 2 is 2.28 bits per heavy atom. The van der Waals surface area contributed by atoms with Crippen LogP contribution in [0.3, 0.4) is 0 Å². The summed E-state index contributed by atoms with van der Waals surface area (Å²) in [6.45, 7) is 3.35. The first-order valence-corrected chi connectivity index (χ1v) is 6.04. The minimum atomic E-state index is 0.571. The molecule has 2 rings (SSSR count). The fraction of sp³-hybridized carbons (Fsp3) is 0.417. The number of tetrazole rings is 1. The molecule has 0 aliphatic rings. The number of rotatable bonds is 6. The third-order valence-corrected chi connectivity index (χ3v) is 2.66. The smallest absolute Gasteiger partial charge is 0.204 e. The topological polar surface area (TPSA) is 89.7 Å². The van der Waals surface area contributed by atoms with E-state index in [2.05, 4.69) is 27.5 Å². The number of H-pyrrole nitrogens is 1. The number of aromatic amines is 1. The van der Waals surface area contributed by atoms with Gasteiger partial charge in [0.15, 0.2) is 0 Å². The molecule has 0 aliphatic heterocycles. The van der Waals surface area contributed by atoms with E-state index in [-0.39, 0.29) is 0 Å². The Hall–Kier alpha value is -1.95. The molecule has 6 heteroatoms. The maximum Gasteiger partial charge on any atom is 0.204 e. The second kappa shape index (κ2) is 6.11. The fourth-order valence-corrected chi connectivity index (χ4v) is 1.67. The molecule has 6 nitrogen and oxygen atoms in total. The average molecular weight is 247 g/mol. The van der Waals surface area contributed by atoms with E-state index in [1.807, 2.05) is 18.2 Å². The van der Waals surface area contributed by atoms with Gasteiger partial charge in [-0.2, -0.15) is 5.21 Å². The summed E-state index contributed by atoms with van der Waals surface area (Å²) in [6, 6.07) is 5.95. The lowest BCUT2D eigenvalue weighted by Gasteiger charge is -2.11. The summed E-state index contributed by atoms with van der Waals surface area (Å²) >= 11 is 0. The number of nitrogens with two attached hydrogens (primary N) is 1. The molecule has 0 fully saturated rings. The van der Waals surface area contributed by atoms with Gasteiger partial charge in [-0.15, -0.1) is 10.2 Å². The zero-order chi connectivity index (χ0) is 12.8. The van der Waals surface area contributed by atoms with Crippen LogP contribution < -0.4 is 10.5 Å². The Labute approximate surface area is 106 Å². The highest BCUT2D eigenvalue weighted by molar-refractivity contribution is 5.58. The SMILES string of the molecule is CCc1ccc(-c2nn[nH]n2)cc1OCCCN. The van der Waals surface area contributed by atoms with E-state index in [1.165, 1.54) is 5.56 Å². The Balaban J connectivity index is 2.22. The maximum absolute atomic E-state index is 5.74. The molecule has 1 heterocycles. The third-order valence-electron chi connectivity index (χ3n) is 2.66. The van der Waals surface area contributed by atoms with Gasteiger partial charge >= 0.3 is 0 Å². The molecule has 18 heavy (non-hydrogen) atoms. The van der Waals surface area contributed by atoms with Crippen LogP contribution in [-0.4, -0.2) is 33.8 Å². The zero-order valence-corrected chi connectivity index (χ0v) is 10.4. The number of aromatic nitrogens is 4. The van der Waals surface area contributed by atoms with Crippen molar-refractivity contribution in [2.75, 3.05) is 13.2 Å². The molecule has 2 aromatic rings. The molecule has 0 radical (unpaired) electrons. The molecular formula is C12H17N5O. The molecule has 0 atom stereocenters. The van der Waals surface area contributed by atoms with Gasteiger partial charge in [-0.1, -0.05) is 19.1 Å². The Morgan fingerprint density at radius 1 is 1.39 bits per heavy atom. The molecule has 96 valence electrons. The summed E-state index contributed by atoms with van der Waals surface area (Å²) in [5, 5.41) is 13.9. The van der Waals surface area contributed by atoms with Crippen molar-refractivity contribution >= 4 is 0 Å². The predicted octanol–water partition coefficient (Wildman–Crippen LogP) is 1.16. The second-order valence-electron chi connectivity index (χ2n) is 3.90. The van der Waals surface area contributed by atoms with E-state index in [0.29, 0.717) is 19.0 Å². The molecule has 0 spiro atoms. The van der Waals surface area contributed by atoms with E-state index < -0.39 is 0 Å². The molecule has 0 amide bonds. The van der Waals surface area contributed by atoms with E-state index in [0.717, 1.165) is 24.2 Å². The molecular weight excluding hydrogens is 230 g/mol. The van der Waals surface area contributed by atoms with Crippen molar-refractivity contribution in [3.05, 3.63) is 23.8 Å². The number of hydrogen-bond acceptors (Lipinski definition) is 5. The lowest BCUT2D eigenvalue weighted by atomic mass is 10.1. The van der Waals surface area contributed by atoms with Crippen LogP contribution in [-0.2, 0) is 6.42 Å². The summed E-state index contributed by atoms with van der Waals surface area (Å²) in [6.07, 6.45) is 1.76. The van der Waals surface area contributed by atoms with Crippen LogP contribution in [0.4, 0.5) is 0 Å². The summed E-state index contributed by atoms with van der Waals surface area (Å²) < 4.78 is 5.74. The van der Waals surface area contributed by atoms with Crippen molar-refractivity contribution in [2.24, 2.45) is 5.73 Å². The van der Waals surface area contributed by atoms with Crippen molar-refractivity contribution in [1.29, 1.82) is 0 Å². The highest BCUT2D eigenvalue weighted by Crippen LogP contribution is 2.25. The normalized spacial score (nSPS) is 10.6. The van der Waals surface area contributed by atoms with Crippen LogP contribution in [0.15, 0.2) is 18.2 Å². The van der Waals surface area contributed by atoms with Crippen molar-refractivity contribution in [3.63, 3.8) is 0 Å². The number of ether oxygens (including phenoxy) is 1. The standard InChI is InChI=1S/C12H17N5O/c1-2-9-4-5-10(12-14-16-17-15-12)8-11(9)18-7-3-6-13/h4-5,8H,2-3,6-7,13H2,1H3,(H,14,15,16,17). The monoisotopic (exact) mass is 247 g/mol. The first kappa shape index (κ1) is 12.5. The molecule has 3 N–H and O–H groups in total. The van der Waals surface area contributed by atoms with Gasteiger partial charge in [0, 0.05) is 5.56 Å². The number of aryl methyl sites for hydroxylation is 1. The Kier molecular flexibility index (Phi) is 4.25. The number of nitrogens with zero attached hydrogens (tertiary/aromatic N) is 3. The first-order valence-electron chi connectivity index (χ1n) is 6.04. The molecule has 0 saturated carbocycles. The second-order valence-corrected chi connectivity index (χ2v) is 3.90. The van der Waals surface area contributed by atoms with Crippen molar-refractivity contribution < 1.29 is 4.74 Å². The van der Waals surface area contributed by atoms with Crippen molar-refractivity contribution in [3.8, 4) is 17.1 Å². The quantitative estimate of drug-likeness (QED) is 0.747. The summed E-state index contributed by atoms with van der Waals surface area (Å²) in [5.41, 5.74) is 7.52. The third kappa shape index (κ3) is 2.84. The van der Waals surface area contributed by atoms with Gasteiger partial charge in [0.1, 0.15) is 5.75 Å². The van der Waals surface area contributed by atoms with Gasteiger partial charge < -0.3 is 10.5 Å². The summed E-state index contributed by atoms with van der Waals surface area (Å²) in [7, 11) is 0. The van der Waals surface area contributed by atoms with Gasteiger partial charge in [0.2, 0.25) is 5.82 Å². The molecule has 1 aromatic carbocycles. The van der Waals surface area contributed by atoms with E-state index in [9.17, 15) is 0 Å². The highest BCUT2D eigenvalue weighted by atomic mass is 16.5. The maximum atomic E-state index is 5.74. The molecule has 0 bridgehead atoms. The Morgan fingerprint density at radius 3 is 2.94 bits per heavy atom.